The van der Waals surface area contributed by atoms with Crippen molar-refractivity contribution in [3.63, 3.8) is 0 Å². The number of allylic oxidation sites excluding steroid dienone is 1. The van der Waals surface area contributed by atoms with E-state index in [4.69, 9.17) is 5.73 Å². The molecule has 0 fully saturated rings. The van der Waals surface area contributed by atoms with Crippen LogP contribution >= 0.6 is 0 Å². The van der Waals surface area contributed by atoms with Crippen LogP contribution in [-0.2, 0) is 0 Å². The molecular weight excluding hydrogens is 194 g/mol. The van der Waals surface area contributed by atoms with Crippen LogP contribution in [-0.4, -0.2) is 6.04 Å². The highest BCUT2D eigenvalue weighted by molar-refractivity contribution is 5.12. The lowest BCUT2D eigenvalue weighted by Gasteiger charge is -2.27. The zero-order chi connectivity index (χ0) is 12.2. The fraction of sp³-hybridized carbons (Fsp3) is 0.867. The molecule has 2 unspecified atom stereocenters. The van der Waals surface area contributed by atoms with Crippen LogP contribution in [0.2, 0.25) is 0 Å². The zero-order valence-corrected chi connectivity index (χ0v) is 11.6. The summed E-state index contributed by atoms with van der Waals surface area (Å²) in [5, 5.41) is 0. The van der Waals surface area contributed by atoms with Crippen LogP contribution in [0.1, 0.15) is 66.2 Å². The first-order chi connectivity index (χ1) is 7.38. The molecule has 1 nitrogen and oxygen atoms in total. The van der Waals surface area contributed by atoms with E-state index in [2.05, 4.69) is 33.8 Å². The third-order valence-electron chi connectivity index (χ3n) is 3.42. The Morgan fingerprint density at radius 1 is 1.31 bits per heavy atom. The van der Waals surface area contributed by atoms with E-state index in [1.807, 2.05) is 0 Å². The van der Waals surface area contributed by atoms with Gasteiger partial charge in [-0.1, -0.05) is 39.3 Å². The van der Waals surface area contributed by atoms with E-state index in [0.29, 0.717) is 11.5 Å². The zero-order valence-electron chi connectivity index (χ0n) is 11.6. The van der Waals surface area contributed by atoms with Gasteiger partial charge < -0.3 is 5.73 Å². The number of nitrogens with two attached hydrogens (primary N) is 1. The molecule has 0 bridgehead atoms. The van der Waals surface area contributed by atoms with Gasteiger partial charge in [-0.25, -0.2) is 0 Å². The molecule has 0 radical (unpaired) electrons. The minimum absolute atomic E-state index is 0.317. The predicted molar refractivity (Wildman–Crippen MR) is 72.4 cm³/mol. The van der Waals surface area contributed by atoms with E-state index in [9.17, 15) is 0 Å². The summed E-state index contributed by atoms with van der Waals surface area (Å²) in [4.78, 5) is 0. The third kappa shape index (κ3) is 5.16. The summed E-state index contributed by atoms with van der Waals surface area (Å²) in [7, 11) is 0. The highest BCUT2D eigenvalue weighted by Gasteiger charge is 2.19. The Kier molecular flexibility index (Phi) is 5.04. The fourth-order valence-electron chi connectivity index (χ4n) is 2.91. The van der Waals surface area contributed by atoms with Gasteiger partial charge >= 0.3 is 0 Å². The predicted octanol–water partition coefficient (Wildman–Crippen LogP) is 4.28. The SMILES string of the molecule is CC(CC(N)C1=CCCCC1)CC(C)(C)C. The van der Waals surface area contributed by atoms with Gasteiger partial charge in [0.2, 0.25) is 0 Å². The standard InChI is InChI=1S/C15H29N/c1-12(11-15(2,3)4)10-14(16)13-8-6-5-7-9-13/h8,12,14H,5-7,9-11,16H2,1-4H3. The van der Waals surface area contributed by atoms with Gasteiger partial charge in [0.25, 0.3) is 0 Å². The molecule has 94 valence electrons. The number of hydrogen-bond donors (Lipinski definition) is 1. The highest BCUT2D eigenvalue weighted by atomic mass is 14.6. The Morgan fingerprint density at radius 3 is 2.50 bits per heavy atom. The Labute approximate surface area is 101 Å². The van der Waals surface area contributed by atoms with Gasteiger partial charge in [0.15, 0.2) is 0 Å². The largest absolute Gasteiger partial charge is 0.324 e. The molecule has 0 saturated heterocycles. The van der Waals surface area contributed by atoms with Crippen molar-refractivity contribution >= 4 is 0 Å². The minimum atomic E-state index is 0.317. The van der Waals surface area contributed by atoms with Crippen molar-refractivity contribution in [3.05, 3.63) is 11.6 Å². The molecule has 2 atom stereocenters. The molecule has 2 N–H and O–H groups in total. The number of rotatable bonds is 4. The molecule has 1 rings (SSSR count). The summed E-state index contributed by atoms with van der Waals surface area (Å²) in [6, 6.07) is 0.317. The Morgan fingerprint density at radius 2 is 2.00 bits per heavy atom. The van der Waals surface area contributed by atoms with Crippen molar-refractivity contribution in [2.45, 2.75) is 72.3 Å². The second kappa shape index (κ2) is 5.86. The van der Waals surface area contributed by atoms with Crippen LogP contribution in [0.5, 0.6) is 0 Å². The molecule has 1 aliphatic rings. The molecule has 0 heterocycles. The first-order valence-electron chi connectivity index (χ1n) is 6.83. The van der Waals surface area contributed by atoms with Crippen molar-refractivity contribution in [3.8, 4) is 0 Å². The lowest BCUT2D eigenvalue weighted by Crippen LogP contribution is -2.27. The van der Waals surface area contributed by atoms with Gasteiger partial charge in [0.1, 0.15) is 0 Å². The van der Waals surface area contributed by atoms with E-state index < -0.39 is 0 Å². The second-order valence-electron chi connectivity index (χ2n) is 6.74. The number of hydrogen-bond acceptors (Lipinski definition) is 1. The summed E-state index contributed by atoms with van der Waals surface area (Å²) in [5.74, 6) is 0.734. The van der Waals surface area contributed by atoms with Crippen LogP contribution < -0.4 is 5.73 Å². The molecule has 0 aliphatic heterocycles. The maximum Gasteiger partial charge on any atom is 0.0256 e. The summed E-state index contributed by atoms with van der Waals surface area (Å²) >= 11 is 0. The van der Waals surface area contributed by atoms with Crippen molar-refractivity contribution in [2.24, 2.45) is 17.1 Å². The molecule has 16 heavy (non-hydrogen) atoms. The Balaban J connectivity index is 2.38. The molecule has 0 aromatic carbocycles. The van der Waals surface area contributed by atoms with Crippen molar-refractivity contribution in [1.29, 1.82) is 0 Å². The normalized spacial score (nSPS) is 21.4. The van der Waals surface area contributed by atoms with Crippen molar-refractivity contribution in [2.75, 3.05) is 0 Å². The minimum Gasteiger partial charge on any atom is -0.324 e. The molecule has 1 heteroatoms. The molecule has 0 aromatic rings. The van der Waals surface area contributed by atoms with Gasteiger partial charge in [-0.2, -0.15) is 0 Å². The average molecular weight is 223 g/mol. The monoisotopic (exact) mass is 223 g/mol. The molecule has 0 amide bonds. The first kappa shape index (κ1) is 13.8. The molecular formula is C15H29N. The second-order valence-corrected chi connectivity index (χ2v) is 6.74. The van der Waals surface area contributed by atoms with Crippen LogP contribution in [0.3, 0.4) is 0 Å². The first-order valence-corrected chi connectivity index (χ1v) is 6.83. The molecule has 0 aromatic heterocycles. The smallest absolute Gasteiger partial charge is 0.0256 e. The highest BCUT2D eigenvalue weighted by Crippen LogP contribution is 2.29. The Hall–Kier alpha value is -0.300. The van der Waals surface area contributed by atoms with E-state index in [0.717, 1.165) is 12.3 Å². The van der Waals surface area contributed by atoms with Crippen LogP contribution in [0.25, 0.3) is 0 Å². The van der Waals surface area contributed by atoms with Gasteiger partial charge in [-0.05, 0) is 49.9 Å². The Bertz CT molecular complexity index is 234. The maximum absolute atomic E-state index is 6.30. The fourth-order valence-corrected chi connectivity index (χ4v) is 2.91. The van der Waals surface area contributed by atoms with Gasteiger partial charge in [0.05, 0.1) is 0 Å². The molecule has 0 saturated carbocycles. The van der Waals surface area contributed by atoms with Crippen LogP contribution in [0.4, 0.5) is 0 Å². The quantitative estimate of drug-likeness (QED) is 0.707. The summed E-state index contributed by atoms with van der Waals surface area (Å²) in [6.45, 7) is 9.28. The van der Waals surface area contributed by atoms with Gasteiger partial charge in [0, 0.05) is 6.04 Å². The average Bonchev–Trinajstić information content (AvgIpc) is 2.16. The van der Waals surface area contributed by atoms with Gasteiger partial charge in [-0.3, -0.25) is 0 Å². The van der Waals surface area contributed by atoms with Crippen LogP contribution in [0.15, 0.2) is 11.6 Å². The summed E-state index contributed by atoms with van der Waals surface area (Å²) in [6.07, 6.45) is 10.00. The third-order valence-corrected chi connectivity index (χ3v) is 3.42. The van der Waals surface area contributed by atoms with Crippen molar-refractivity contribution in [1.82, 2.24) is 0 Å². The summed E-state index contributed by atoms with van der Waals surface area (Å²) < 4.78 is 0. The van der Waals surface area contributed by atoms with Crippen molar-refractivity contribution < 1.29 is 0 Å². The molecule has 1 aliphatic carbocycles. The van der Waals surface area contributed by atoms with Gasteiger partial charge in [-0.15, -0.1) is 0 Å². The topological polar surface area (TPSA) is 26.0 Å². The lowest BCUT2D eigenvalue weighted by atomic mass is 9.81. The molecule has 0 spiro atoms. The summed E-state index contributed by atoms with van der Waals surface area (Å²) in [5.41, 5.74) is 8.25. The lowest BCUT2D eigenvalue weighted by molar-refractivity contribution is 0.289. The van der Waals surface area contributed by atoms with E-state index >= 15 is 0 Å². The van der Waals surface area contributed by atoms with E-state index in [1.165, 1.54) is 37.7 Å². The van der Waals surface area contributed by atoms with Crippen LogP contribution in [0, 0.1) is 11.3 Å². The maximum atomic E-state index is 6.30. The van der Waals surface area contributed by atoms with E-state index in [1.54, 1.807) is 0 Å². The van der Waals surface area contributed by atoms with E-state index in [-0.39, 0.29) is 0 Å².